The van der Waals surface area contributed by atoms with Gasteiger partial charge in [-0.15, -0.1) is 0 Å². The molecular formula is C22H24N4. The lowest BCUT2D eigenvalue weighted by atomic mass is 10.1. The topological polar surface area (TPSA) is 41.1 Å². The summed E-state index contributed by atoms with van der Waals surface area (Å²) < 4.78 is 0. The van der Waals surface area contributed by atoms with Crippen LogP contribution in [0.25, 0.3) is 11.3 Å². The van der Waals surface area contributed by atoms with Gasteiger partial charge in [0, 0.05) is 30.4 Å². The van der Waals surface area contributed by atoms with Gasteiger partial charge in [-0.3, -0.25) is 0 Å². The lowest BCUT2D eigenvalue weighted by Crippen LogP contribution is -2.30. The highest BCUT2D eigenvalue weighted by molar-refractivity contribution is 5.66. The van der Waals surface area contributed by atoms with E-state index in [9.17, 15) is 0 Å². The second kappa shape index (κ2) is 7.56. The highest BCUT2D eigenvalue weighted by Gasteiger charge is 2.15. The number of rotatable bonds is 4. The molecule has 4 rings (SSSR count). The first-order valence-electron chi connectivity index (χ1n) is 9.31. The Morgan fingerprint density at radius 1 is 0.846 bits per heavy atom. The summed E-state index contributed by atoms with van der Waals surface area (Å²) in [5.74, 6) is 1.66. The first-order chi connectivity index (χ1) is 12.8. The molecule has 1 N–H and O–H groups in total. The Kier molecular flexibility index (Phi) is 4.82. The first-order valence-corrected chi connectivity index (χ1v) is 9.31. The second-order valence-electron chi connectivity index (χ2n) is 6.84. The molecule has 0 spiro atoms. The van der Waals surface area contributed by atoms with Crippen molar-refractivity contribution in [1.82, 2.24) is 9.97 Å². The van der Waals surface area contributed by atoms with E-state index in [0.29, 0.717) is 5.95 Å². The smallest absolute Gasteiger partial charge is 0.229 e. The van der Waals surface area contributed by atoms with Gasteiger partial charge in [-0.05, 0) is 38.3 Å². The molecule has 0 unspecified atom stereocenters. The Labute approximate surface area is 154 Å². The van der Waals surface area contributed by atoms with Gasteiger partial charge in [0.15, 0.2) is 0 Å². The third kappa shape index (κ3) is 3.85. The number of aromatic nitrogens is 2. The van der Waals surface area contributed by atoms with Crippen LogP contribution in [0.2, 0.25) is 0 Å². The van der Waals surface area contributed by atoms with Crippen molar-refractivity contribution in [3.8, 4) is 11.3 Å². The minimum Gasteiger partial charge on any atom is -0.356 e. The molecule has 0 radical (unpaired) electrons. The molecule has 1 fully saturated rings. The maximum absolute atomic E-state index is 4.80. The Morgan fingerprint density at radius 2 is 1.58 bits per heavy atom. The largest absolute Gasteiger partial charge is 0.356 e. The van der Waals surface area contributed by atoms with Crippen molar-refractivity contribution < 1.29 is 0 Å². The van der Waals surface area contributed by atoms with E-state index in [0.717, 1.165) is 35.9 Å². The second-order valence-corrected chi connectivity index (χ2v) is 6.84. The van der Waals surface area contributed by atoms with Crippen LogP contribution in [0.15, 0.2) is 60.7 Å². The molecule has 1 aliphatic rings. The van der Waals surface area contributed by atoms with Crippen LogP contribution in [0.1, 0.15) is 24.8 Å². The van der Waals surface area contributed by atoms with E-state index in [4.69, 9.17) is 9.97 Å². The predicted octanol–water partition coefficient (Wildman–Crippen LogP) is 5.19. The van der Waals surface area contributed by atoms with Crippen LogP contribution in [0.3, 0.4) is 0 Å². The van der Waals surface area contributed by atoms with Crippen molar-refractivity contribution >= 4 is 17.5 Å². The van der Waals surface area contributed by atoms with Gasteiger partial charge in [-0.2, -0.15) is 4.98 Å². The molecule has 3 aromatic rings. The number of piperidine rings is 1. The van der Waals surface area contributed by atoms with Gasteiger partial charge >= 0.3 is 0 Å². The molecule has 4 nitrogen and oxygen atoms in total. The van der Waals surface area contributed by atoms with Gasteiger partial charge in [0.2, 0.25) is 5.95 Å². The number of aryl methyl sites for hydroxylation is 1. The van der Waals surface area contributed by atoms with Gasteiger partial charge in [0.1, 0.15) is 5.82 Å². The summed E-state index contributed by atoms with van der Waals surface area (Å²) in [7, 11) is 0. The molecule has 2 aromatic carbocycles. The fourth-order valence-corrected chi connectivity index (χ4v) is 3.30. The van der Waals surface area contributed by atoms with Gasteiger partial charge in [-0.25, -0.2) is 4.98 Å². The van der Waals surface area contributed by atoms with Crippen LogP contribution in [-0.2, 0) is 0 Å². The summed E-state index contributed by atoms with van der Waals surface area (Å²) in [5.41, 5.74) is 4.31. The van der Waals surface area contributed by atoms with E-state index in [1.807, 2.05) is 18.2 Å². The van der Waals surface area contributed by atoms with Gasteiger partial charge < -0.3 is 10.2 Å². The van der Waals surface area contributed by atoms with Crippen LogP contribution >= 0.6 is 0 Å². The fraction of sp³-hybridized carbons (Fsp3) is 0.273. The quantitative estimate of drug-likeness (QED) is 0.707. The monoisotopic (exact) mass is 344 g/mol. The molecule has 26 heavy (non-hydrogen) atoms. The van der Waals surface area contributed by atoms with Crippen molar-refractivity contribution in [3.63, 3.8) is 0 Å². The summed E-state index contributed by atoms with van der Waals surface area (Å²) in [5, 5.41) is 3.37. The van der Waals surface area contributed by atoms with E-state index in [1.165, 1.54) is 24.8 Å². The molecule has 2 heterocycles. The van der Waals surface area contributed by atoms with Crippen molar-refractivity contribution in [3.05, 3.63) is 66.2 Å². The van der Waals surface area contributed by atoms with Gasteiger partial charge in [0.25, 0.3) is 0 Å². The van der Waals surface area contributed by atoms with Crippen LogP contribution in [-0.4, -0.2) is 23.1 Å². The molecule has 0 aliphatic carbocycles. The van der Waals surface area contributed by atoms with Gasteiger partial charge in [-0.1, -0.05) is 48.0 Å². The van der Waals surface area contributed by atoms with Crippen LogP contribution in [0.5, 0.6) is 0 Å². The van der Waals surface area contributed by atoms with E-state index >= 15 is 0 Å². The molecule has 1 aromatic heterocycles. The highest BCUT2D eigenvalue weighted by Crippen LogP contribution is 2.26. The molecule has 1 aliphatic heterocycles. The summed E-state index contributed by atoms with van der Waals surface area (Å²) in [6, 6.07) is 20.7. The molecule has 0 atom stereocenters. The fourth-order valence-electron chi connectivity index (χ4n) is 3.30. The Bertz CT molecular complexity index is 853. The van der Waals surface area contributed by atoms with E-state index in [-0.39, 0.29) is 0 Å². The zero-order valence-corrected chi connectivity index (χ0v) is 15.2. The summed E-state index contributed by atoms with van der Waals surface area (Å²) in [6.45, 7) is 4.22. The first kappa shape index (κ1) is 16.6. The van der Waals surface area contributed by atoms with Crippen molar-refractivity contribution in [1.29, 1.82) is 0 Å². The number of anilines is 3. The molecular weight excluding hydrogens is 320 g/mol. The van der Waals surface area contributed by atoms with Gasteiger partial charge in [0.05, 0.1) is 5.69 Å². The molecule has 0 saturated carbocycles. The zero-order chi connectivity index (χ0) is 17.8. The highest BCUT2D eigenvalue weighted by atomic mass is 15.2. The molecule has 132 valence electrons. The minimum atomic E-state index is 0.649. The van der Waals surface area contributed by atoms with E-state index < -0.39 is 0 Å². The molecule has 4 heteroatoms. The molecule has 0 bridgehead atoms. The lowest BCUT2D eigenvalue weighted by Gasteiger charge is -2.28. The maximum atomic E-state index is 4.80. The number of benzene rings is 2. The number of nitrogens with one attached hydrogen (secondary N) is 1. The van der Waals surface area contributed by atoms with Crippen molar-refractivity contribution in [2.75, 3.05) is 23.3 Å². The van der Waals surface area contributed by atoms with Crippen LogP contribution in [0, 0.1) is 6.92 Å². The maximum Gasteiger partial charge on any atom is 0.229 e. The number of nitrogens with zero attached hydrogens (tertiary/aromatic N) is 3. The number of hydrogen-bond donors (Lipinski definition) is 1. The normalized spacial score (nSPS) is 14.3. The lowest BCUT2D eigenvalue weighted by molar-refractivity contribution is 0.573. The average Bonchev–Trinajstić information content (AvgIpc) is 2.71. The summed E-state index contributed by atoms with van der Waals surface area (Å²) in [6.07, 6.45) is 3.76. The Hall–Kier alpha value is -2.88. The van der Waals surface area contributed by atoms with E-state index in [2.05, 4.69) is 59.6 Å². The van der Waals surface area contributed by atoms with E-state index in [1.54, 1.807) is 0 Å². The third-order valence-corrected chi connectivity index (χ3v) is 4.77. The Balaban J connectivity index is 1.70. The Morgan fingerprint density at radius 3 is 2.31 bits per heavy atom. The zero-order valence-electron chi connectivity index (χ0n) is 15.2. The standard InChI is InChI=1S/C22H24N4/c1-17-10-12-19(13-11-17)23-22-24-20(18-8-4-2-5-9-18)16-21(25-22)26-14-6-3-7-15-26/h2,4-5,8-13,16H,3,6-7,14-15H2,1H3,(H,23,24,25). The predicted molar refractivity (Wildman–Crippen MR) is 108 cm³/mol. The van der Waals surface area contributed by atoms with Crippen molar-refractivity contribution in [2.45, 2.75) is 26.2 Å². The molecule has 1 saturated heterocycles. The average molecular weight is 344 g/mol. The van der Waals surface area contributed by atoms with Crippen LogP contribution in [0.4, 0.5) is 17.5 Å². The molecule has 0 amide bonds. The SMILES string of the molecule is Cc1ccc(Nc2nc(-c3ccccc3)cc(N3CCCCC3)n2)cc1. The van der Waals surface area contributed by atoms with Crippen LogP contribution < -0.4 is 10.2 Å². The number of hydrogen-bond acceptors (Lipinski definition) is 4. The summed E-state index contributed by atoms with van der Waals surface area (Å²) in [4.78, 5) is 11.9. The minimum absolute atomic E-state index is 0.649. The van der Waals surface area contributed by atoms with Crippen molar-refractivity contribution in [2.24, 2.45) is 0 Å². The third-order valence-electron chi connectivity index (χ3n) is 4.77. The summed E-state index contributed by atoms with van der Waals surface area (Å²) >= 11 is 0.